The number of anilines is 1. The molecule has 0 radical (unpaired) electrons. The standard InChI is InChI=1S/C27H29N7O/c1-17-30-24-6-5-22(14-25(24)31-17)34-27(28)23(15-29-34)26(35)21-12-19-4-3-18(11-20(19)13-21)16-33-9-7-32(2)8-10-33/h3-6,11-12,14-15H,7-10,13,16,28H2,1-2H3,(H,30,31). The zero-order chi connectivity index (χ0) is 24.1. The molecule has 3 heterocycles. The second-order valence-corrected chi connectivity index (χ2v) is 9.67. The van der Waals surface area contributed by atoms with Crippen LogP contribution >= 0.6 is 0 Å². The Kier molecular flexibility index (Phi) is 5.27. The first-order valence-electron chi connectivity index (χ1n) is 12.0. The number of hydrogen-bond donors (Lipinski definition) is 2. The number of ketones is 1. The Morgan fingerprint density at radius 3 is 2.77 bits per heavy atom. The highest BCUT2D eigenvalue weighted by Gasteiger charge is 2.24. The molecule has 3 N–H and O–H groups in total. The maximum absolute atomic E-state index is 13.4. The molecular weight excluding hydrogens is 438 g/mol. The van der Waals surface area contributed by atoms with Gasteiger partial charge in [0.15, 0.2) is 5.78 Å². The number of nitrogens with zero attached hydrogens (tertiary/aromatic N) is 5. The number of nitrogens with one attached hydrogen (secondary N) is 1. The third-order valence-corrected chi connectivity index (χ3v) is 7.09. The molecular formula is C27H29N7O. The lowest BCUT2D eigenvalue weighted by molar-refractivity contribution is 0.103. The number of hydrogen-bond acceptors (Lipinski definition) is 6. The number of rotatable bonds is 5. The van der Waals surface area contributed by atoms with Crippen LogP contribution in [0.3, 0.4) is 0 Å². The van der Waals surface area contributed by atoms with Crippen LogP contribution in [0.5, 0.6) is 0 Å². The van der Waals surface area contributed by atoms with Gasteiger partial charge in [-0.2, -0.15) is 5.10 Å². The second kappa shape index (κ2) is 8.48. The molecule has 0 amide bonds. The van der Waals surface area contributed by atoms with E-state index in [1.54, 1.807) is 10.9 Å². The summed E-state index contributed by atoms with van der Waals surface area (Å²) in [6.45, 7) is 7.26. The van der Waals surface area contributed by atoms with E-state index < -0.39 is 0 Å². The Bertz CT molecular complexity index is 1470. The minimum atomic E-state index is -0.0657. The number of piperazine rings is 1. The predicted molar refractivity (Wildman–Crippen MR) is 138 cm³/mol. The number of imidazole rings is 1. The van der Waals surface area contributed by atoms with E-state index >= 15 is 0 Å². The number of Topliss-reactive ketones (excluding diaryl/α,β-unsaturated/α-hetero) is 1. The van der Waals surface area contributed by atoms with Gasteiger partial charge in [-0.05, 0) is 54.9 Å². The minimum absolute atomic E-state index is 0.0657. The molecule has 0 spiro atoms. The molecule has 178 valence electrons. The van der Waals surface area contributed by atoms with Crippen LogP contribution < -0.4 is 5.73 Å². The summed E-state index contributed by atoms with van der Waals surface area (Å²) in [7, 11) is 2.17. The van der Waals surface area contributed by atoms with Crippen molar-refractivity contribution in [1.29, 1.82) is 0 Å². The largest absolute Gasteiger partial charge is 0.383 e. The average Bonchev–Trinajstić information content (AvgIpc) is 3.55. The van der Waals surface area contributed by atoms with Crippen molar-refractivity contribution < 1.29 is 4.79 Å². The van der Waals surface area contributed by atoms with E-state index in [0.29, 0.717) is 17.8 Å². The van der Waals surface area contributed by atoms with E-state index in [0.717, 1.165) is 66.4 Å². The van der Waals surface area contributed by atoms with E-state index in [1.807, 2.05) is 31.2 Å². The smallest absolute Gasteiger partial charge is 0.194 e. The minimum Gasteiger partial charge on any atom is -0.383 e. The number of carbonyl (C=O) groups excluding carboxylic acids is 1. The molecule has 6 rings (SSSR count). The SMILES string of the molecule is Cc1nc2ccc(-n3ncc(C(=O)C4=Cc5ccc(CN6CCN(C)CC6)cc5C4)c3N)cc2[nH]1. The predicted octanol–water partition coefficient (Wildman–Crippen LogP) is 3.21. The average molecular weight is 468 g/mol. The van der Waals surface area contributed by atoms with Gasteiger partial charge in [-0.15, -0.1) is 0 Å². The van der Waals surface area contributed by atoms with Crippen molar-refractivity contribution in [2.24, 2.45) is 0 Å². The molecule has 35 heavy (non-hydrogen) atoms. The van der Waals surface area contributed by atoms with Crippen LogP contribution in [0.15, 0.2) is 48.2 Å². The van der Waals surface area contributed by atoms with E-state index in [-0.39, 0.29) is 5.78 Å². The lowest BCUT2D eigenvalue weighted by Gasteiger charge is -2.32. The van der Waals surface area contributed by atoms with Crippen LogP contribution in [0.2, 0.25) is 0 Å². The molecule has 1 saturated heterocycles. The number of allylic oxidation sites excluding steroid dienone is 1. The fourth-order valence-electron chi connectivity index (χ4n) is 5.07. The van der Waals surface area contributed by atoms with Gasteiger partial charge in [0.1, 0.15) is 11.6 Å². The number of aromatic nitrogens is 4. The molecule has 2 aromatic heterocycles. The third-order valence-electron chi connectivity index (χ3n) is 7.09. The van der Waals surface area contributed by atoms with Gasteiger partial charge in [-0.25, -0.2) is 9.67 Å². The Morgan fingerprint density at radius 1 is 1.11 bits per heavy atom. The van der Waals surface area contributed by atoms with E-state index in [2.05, 4.69) is 50.1 Å². The van der Waals surface area contributed by atoms with Crippen LogP contribution in [-0.4, -0.2) is 68.6 Å². The molecule has 1 fully saturated rings. The van der Waals surface area contributed by atoms with Gasteiger partial charge in [-0.3, -0.25) is 9.69 Å². The zero-order valence-corrected chi connectivity index (χ0v) is 20.1. The zero-order valence-electron chi connectivity index (χ0n) is 20.1. The van der Waals surface area contributed by atoms with Crippen LogP contribution in [0.1, 0.15) is 32.9 Å². The van der Waals surface area contributed by atoms with Gasteiger partial charge < -0.3 is 15.6 Å². The number of aromatic amines is 1. The molecule has 8 nitrogen and oxygen atoms in total. The first kappa shape index (κ1) is 21.8. The molecule has 0 saturated carbocycles. The number of nitrogens with two attached hydrogens (primary N) is 1. The van der Waals surface area contributed by atoms with Crippen LogP contribution in [0, 0.1) is 6.92 Å². The number of likely N-dealkylation sites (N-methyl/N-ethyl adjacent to an activating group) is 1. The van der Waals surface area contributed by atoms with Crippen LogP contribution in [-0.2, 0) is 13.0 Å². The van der Waals surface area contributed by atoms with Gasteiger partial charge in [0.25, 0.3) is 0 Å². The normalized spacial score (nSPS) is 16.6. The Morgan fingerprint density at radius 2 is 1.94 bits per heavy atom. The molecule has 8 heteroatoms. The van der Waals surface area contributed by atoms with Crippen molar-refractivity contribution in [3.05, 3.63) is 76.2 Å². The fourth-order valence-corrected chi connectivity index (χ4v) is 5.07. The number of benzene rings is 2. The Balaban J connectivity index is 1.19. The number of nitrogen functional groups attached to an aromatic ring is 1. The molecule has 4 aromatic rings. The summed E-state index contributed by atoms with van der Waals surface area (Å²) in [5.41, 5.74) is 13.8. The first-order valence-corrected chi connectivity index (χ1v) is 12.0. The Hall–Kier alpha value is -3.75. The summed E-state index contributed by atoms with van der Waals surface area (Å²) in [4.78, 5) is 25.9. The quantitative estimate of drug-likeness (QED) is 0.438. The monoisotopic (exact) mass is 467 g/mol. The summed E-state index contributed by atoms with van der Waals surface area (Å²) in [6, 6.07) is 12.3. The maximum atomic E-state index is 13.4. The number of aryl methyl sites for hydroxylation is 1. The molecule has 1 aliphatic carbocycles. The number of fused-ring (bicyclic) bond motifs is 2. The molecule has 0 unspecified atom stereocenters. The molecule has 2 aromatic carbocycles. The van der Waals surface area contributed by atoms with Crippen molar-refractivity contribution >= 4 is 28.7 Å². The molecule has 2 aliphatic rings. The topological polar surface area (TPSA) is 96.1 Å². The van der Waals surface area contributed by atoms with Gasteiger partial charge in [0.05, 0.1) is 28.5 Å². The summed E-state index contributed by atoms with van der Waals surface area (Å²) in [6.07, 6.45) is 4.19. The highest BCUT2D eigenvalue weighted by molar-refractivity contribution is 6.15. The molecule has 0 atom stereocenters. The Labute approximate surface area is 204 Å². The van der Waals surface area contributed by atoms with Crippen molar-refractivity contribution in [2.45, 2.75) is 19.9 Å². The van der Waals surface area contributed by atoms with E-state index in [1.165, 1.54) is 11.1 Å². The van der Waals surface area contributed by atoms with Gasteiger partial charge in [-0.1, -0.05) is 18.2 Å². The highest BCUT2D eigenvalue weighted by atomic mass is 16.1. The van der Waals surface area contributed by atoms with Crippen molar-refractivity contribution in [3.8, 4) is 5.69 Å². The van der Waals surface area contributed by atoms with Gasteiger partial charge >= 0.3 is 0 Å². The highest BCUT2D eigenvalue weighted by Crippen LogP contribution is 2.30. The fraction of sp³-hybridized carbons (Fsp3) is 0.296. The summed E-state index contributed by atoms with van der Waals surface area (Å²) in [5.74, 6) is 1.13. The van der Waals surface area contributed by atoms with Gasteiger partial charge in [0, 0.05) is 44.7 Å². The first-order chi connectivity index (χ1) is 16.9. The van der Waals surface area contributed by atoms with E-state index in [4.69, 9.17) is 5.73 Å². The second-order valence-electron chi connectivity index (χ2n) is 9.67. The van der Waals surface area contributed by atoms with Crippen LogP contribution in [0.25, 0.3) is 22.8 Å². The maximum Gasteiger partial charge on any atom is 0.194 e. The molecule has 1 aliphatic heterocycles. The summed E-state index contributed by atoms with van der Waals surface area (Å²) < 4.78 is 1.61. The third kappa shape index (κ3) is 4.05. The lowest BCUT2D eigenvalue weighted by Crippen LogP contribution is -2.43. The lowest BCUT2D eigenvalue weighted by atomic mass is 10.0. The van der Waals surface area contributed by atoms with Crippen molar-refractivity contribution in [2.75, 3.05) is 39.0 Å². The number of H-pyrrole nitrogens is 1. The van der Waals surface area contributed by atoms with Crippen molar-refractivity contribution in [1.82, 2.24) is 29.5 Å². The summed E-state index contributed by atoms with van der Waals surface area (Å²) >= 11 is 0. The van der Waals surface area contributed by atoms with Crippen molar-refractivity contribution in [3.63, 3.8) is 0 Å². The number of carbonyl (C=O) groups is 1. The van der Waals surface area contributed by atoms with E-state index in [9.17, 15) is 4.79 Å². The van der Waals surface area contributed by atoms with Crippen LogP contribution in [0.4, 0.5) is 5.82 Å². The van der Waals surface area contributed by atoms with Gasteiger partial charge in [0.2, 0.25) is 0 Å². The molecule has 0 bridgehead atoms. The summed E-state index contributed by atoms with van der Waals surface area (Å²) in [5, 5.41) is 4.43.